The number of nitrogens with zero attached hydrogens (tertiary/aromatic N) is 1. The van der Waals surface area contributed by atoms with E-state index in [1.807, 2.05) is 0 Å². The van der Waals surface area contributed by atoms with E-state index in [1.165, 1.54) is 12.1 Å². The number of rotatable bonds is 4. The van der Waals surface area contributed by atoms with Gasteiger partial charge >= 0.3 is 12.1 Å². The van der Waals surface area contributed by atoms with Crippen molar-refractivity contribution in [3.05, 3.63) is 34.6 Å². The van der Waals surface area contributed by atoms with Crippen LogP contribution in [-0.2, 0) is 4.74 Å². The number of aromatic carboxylic acids is 1. The Balaban J connectivity index is 2.98. The van der Waals surface area contributed by atoms with E-state index in [0.29, 0.717) is 0 Å². The second-order valence-electron chi connectivity index (χ2n) is 2.97. The molecule has 0 aliphatic heterocycles. The van der Waals surface area contributed by atoms with Gasteiger partial charge in [0.1, 0.15) is 11.8 Å². The Bertz CT molecular complexity index is 505. The summed E-state index contributed by atoms with van der Waals surface area (Å²) in [7, 11) is 0. The van der Waals surface area contributed by atoms with E-state index in [2.05, 4.69) is 21.6 Å². The zero-order valence-corrected chi connectivity index (χ0v) is 10.5. The first-order valence-corrected chi connectivity index (χ1v) is 5.35. The van der Waals surface area contributed by atoms with E-state index in [0.717, 1.165) is 0 Å². The largest absolute Gasteiger partial charge is 0.476 e. The first-order chi connectivity index (χ1) is 8.45. The summed E-state index contributed by atoms with van der Waals surface area (Å²) in [4.78, 5) is 25.6. The fourth-order valence-corrected chi connectivity index (χ4v) is 1.43. The number of carboxylic acid groups (broad SMARTS) is 1. The Kier molecular flexibility index (Phi) is 4.94. The van der Waals surface area contributed by atoms with Gasteiger partial charge in [-0.25, -0.2) is 14.6 Å². The van der Waals surface area contributed by atoms with Crippen molar-refractivity contribution in [3.63, 3.8) is 0 Å². The van der Waals surface area contributed by atoms with E-state index in [9.17, 15) is 9.59 Å². The third-order valence-electron chi connectivity index (χ3n) is 1.70. The Morgan fingerprint density at radius 1 is 1.56 bits per heavy atom. The number of amides is 1. The van der Waals surface area contributed by atoms with Crippen molar-refractivity contribution >= 4 is 41.0 Å². The van der Waals surface area contributed by atoms with Crippen molar-refractivity contribution in [1.82, 2.24) is 4.98 Å². The normalized spacial score (nSPS) is 9.67. The molecule has 8 heteroatoms. The average molecular weight is 291 g/mol. The molecule has 0 unspecified atom stereocenters. The molecule has 0 aliphatic carbocycles. The highest BCUT2D eigenvalue weighted by molar-refractivity contribution is 6.37. The Morgan fingerprint density at radius 2 is 2.22 bits per heavy atom. The van der Waals surface area contributed by atoms with Gasteiger partial charge in [0.15, 0.2) is 5.69 Å². The lowest BCUT2D eigenvalue weighted by Crippen LogP contribution is -2.15. The molecule has 0 atom stereocenters. The summed E-state index contributed by atoms with van der Waals surface area (Å²) in [5, 5.41) is 10.7. The highest BCUT2D eigenvalue weighted by Crippen LogP contribution is 2.27. The van der Waals surface area contributed by atoms with Crippen LogP contribution in [-0.4, -0.2) is 28.8 Å². The van der Waals surface area contributed by atoms with Gasteiger partial charge in [-0.05, 0) is 0 Å². The molecule has 0 bridgehead atoms. The molecule has 2 N–H and O–H groups in total. The monoisotopic (exact) mass is 290 g/mol. The van der Waals surface area contributed by atoms with Gasteiger partial charge < -0.3 is 9.84 Å². The predicted octanol–water partition coefficient (Wildman–Crippen LogP) is 2.82. The minimum Gasteiger partial charge on any atom is -0.476 e. The van der Waals surface area contributed by atoms with E-state index in [-0.39, 0.29) is 22.5 Å². The third kappa shape index (κ3) is 3.61. The van der Waals surface area contributed by atoms with Gasteiger partial charge in [-0.1, -0.05) is 35.9 Å². The molecule has 0 radical (unpaired) electrons. The zero-order valence-electron chi connectivity index (χ0n) is 8.94. The molecule has 0 saturated heterocycles. The van der Waals surface area contributed by atoms with Gasteiger partial charge in [0.2, 0.25) is 0 Å². The SMILES string of the molecule is C=CCOC(=O)Nc1cc(Cl)nc(C(=O)O)c1Cl. The molecule has 6 nitrogen and oxygen atoms in total. The summed E-state index contributed by atoms with van der Waals surface area (Å²) in [5.74, 6) is -1.36. The van der Waals surface area contributed by atoms with Crippen molar-refractivity contribution in [3.8, 4) is 0 Å². The molecular formula is C10H8Cl2N2O4. The molecule has 1 aromatic rings. The van der Waals surface area contributed by atoms with Gasteiger partial charge in [0, 0.05) is 6.07 Å². The van der Waals surface area contributed by atoms with Crippen LogP contribution < -0.4 is 5.32 Å². The first-order valence-electron chi connectivity index (χ1n) is 4.59. The number of carbonyl (C=O) groups is 2. The van der Waals surface area contributed by atoms with E-state index < -0.39 is 17.8 Å². The molecule has 0 aliphatic rings. The van der Waals surface area contributed by atoms with Crippen molar-refractivity contribution in [2.45, 2.75) is 0 Å². The molecule has 1 amide bonds. The van der Waals surface area contributed by atoms with Gasteiger partial charge in [0.05, 0.1) is 10.7 Å². The smallest absolute Gasteiger partial charge is 0.411 e. The molecule has 1 aromatic heterocycles. The van der Waals surface area contributed by atoms with Crippen LogP contribution in [0.4, 0.5) is 10.5 Å². The fourth-order valence-electron chi connectivity index (χ4n) is 1.01. The second-order valence-corrected chi connectivity index (χ2v) is 3.74. The number of nitrogens with one attached hydrogen (secondary N) is 1. The summed E-state index contributed by atoms with van der Waals surface area (Å²) in [6.07, 6.45) is 0.569. The highest BCUT2D eigenvalue weighted by atomic mass is 35.5. The molecule has 1 rings (SSSR count). The third-order valence-corrected chi connectivity index (χ3v) is 2.27. The van der Waals surface area contributed by atoms with E-state index in [1.54, 1.807) is 0 Å². The van der Waals surface area contributed by atoms with Crippen LogP contribution in [0.2, 0.25) is 10.2 Å². The number of carboxylic acids is 1. The van der Waals surface area contributed by atoms with Crippen molar-refractivity contribution in [2.75, 3.05) is 11.9 Å². The molecule has 18 heavy (non-hydrogen) atoms. The number of anilines is 1. The van der Waals surface area contributed by atoms with E-state index in [4.69, 9.17) is 28.3 Å². The quantitative estimate of drug-likeness (QED) is 0.657. The van der Waals surface area contributed by atoms with Crippen molar-refractivity contribution in [2.24, 2.45) is 0 Å². The number of halogens is 2. The molecular weight excluding hydrogens is 283 g/mol. The Hall–Kier alpha value is -1.79. The summed E-state index contributed by atoms with van der Waals surface area (Å²) in [5.41, 5.74) is -0.452. The topological polar surface area (TPSA) is 88.5 Å². The van der Waals surface area contributed by atoms with Crippen molar-refractivity contribution < 1.29 is 19.4 Å². The first kappa shape index (κ1) is 14.3. The molecule has 96 valence electrons. The second kappa shape index (κ2) is 6.23. The van der Waals surface area contributed by atoms with Crippen LogP contribution in [0.3, 0.4) is 0 Å². The minimum absolute atomic E-state index is 0.00290. The number of aromatic nitrogens is 1. The maximum absolute atomic E-state index is 11.3. The Morgan fingerprint density at radius 3 is 2.78 bits per heavy atom. The van der Waals surface area contributed by atoms with Crippen LogP contribution >= 0.6 is 23.2 Å². The average Bonchev–Trinajstić information content (AvgIpc) is 2.30. The number of hydrogen-bond acceptors (Lipinski definition) is 4. The summed E-state index contributed by atoms with van der Waals surface area (Å²) in [6, 6.07) is 1.21. The standard InChI is InChI=1S/C10H8Cl2N2O4/c1-2-3-18-10(17)13-5-4-6(11)14-8(7(5)12)9(15)16/h2,4H,1,3H2,(H,15,16)(H,13,14,17). The molecule has 0 aromatic carbocycles. The van der Waals surface area contributed by atoms with Crippen LogP contribution in [0.1, 0.15) is 10.5 Å². The number of hydrogen-bond donors (Lipinski definition) is 2. The zero-order chi connectivity index (χ0) is 13.7. The van der Waals surface area contributed by atoms with Gasteiger partial charge in [-0.15, -0.1) is 0 Å². The predicted molar refractivity (Wildman–Crippen MR) is 66.4 cm³/mol. The van der Waals surface area contributed by atoms with Crippen LogP contribution in [0.25, 0.3) is 0 Å². The van der Waals surface area contributed by atoms with Gasteiger partial charge in [-0.3, -0.25) is 5.32 Å². The lowest BCUT2D eigenvalue weighted by molar-refractivity contribution is 0.0690. The fraction of sp³-hybridized carbons (Fsp3) is 0.100. The lowest BCUT2D eigenvalue weighted by atomic mass is 10.3. The number of pyridine rings is 1. The number of carbonyl (C=O) groups excluding carboxylic acids is 1. The maximum atomic E-state index is 11.3. The van der Waals surface area contributed by atoms with Crippen molar-refractivity contribution in [1.29, 1.82) is 0 Å². The summed E-state index contributed by atoms with van der Waals surface area (Å²) in [6.45, 7) is 3.38. The maximum Gasteiger partial charge on any atom is 0.411 e. The van der Waals surface area contributed by atoms with E-state index >= 15 is 0 Å². The van der Waals surface area contributed by atoms with Crippen LogP contribution in [0, 0.1) is 0 Å². The highest BCUT2D eigenvalue weighted by Gasteiger charge is 2.17. The number of ether oxygens (including phenoxy) is 1. The lowest BCUT2D eigenvalue weighted by Gasteiger charge is -2.09. The van der Waals surface area contributed by atoms with Gasteiger partial charge in [0.25, 0.3) is 0 Å². The summed E-state index contributed by atoms with van der Waals surface area (Å²) < 4.78 is 4.65. The van der Waals surface area contributed by atoms with Crippen LogP contribution in [0.5, 0.6) is 0 Å². The molecule has 0 fully saturated rings. The Labute approximate surface area is 112 Å². The summed E-state index contributed by atoms with van der Waals surface area (Å²) >= 11 is 11.4. The van der Waals surface area contributed by atoms with Crippen LogP contribution in [0.15, 0.2) is 18.7 Å². The molecule has 1 heterocycles. The molecule has 0 saturated carbocycles. The van der Waals surface area contributed by atoms with Gasteiger partial charge in [-0.2, -0.15) is 0 Å². The minimum atomic E-state index is -1.36. The molecule has 0 spiro atoms.